The average Bonchev–Trinajstić information content (AvgIpc) is 2.94. The van der Waals surface area contributed by atoms with Gasteiger partial charge in [0.15, 0.2) is 0 Å². The van der Waals surface area contributed by atoms with E-state index in [-0.39, 0.29) is 11.3 Å². The molecule has 2 heteroatoms. The zero-order valence-corrected chi connectivity index (χ0v) is 9.49. The van der Waals surface area contributed by atoms with Crippen LogP contribution in [0, 0.1) is 18.3 Å². The van der Waals surface area contributed by atoms with Gasteiger partial charge in [-0.3, -0.25) is 4.79 Å². The Morgan fingerprint density at radius 1 is 1.44 bits per heavy atom. The van der Waals surface area contributed by atoms with Gasteiger partial charge in [0, 0.05) is 0 Å². The Bertz CT molecular complexity index is 464. The van der Waals surface area contributed by atoms with Crippen molar-refractivity contribution < 1.29 is 9.90 Å². The number of benzene rings is 1. The van der Waals surface area contributed by atoms with Crippen molar-refractivity contribution in [3.8, 4) is 0 Å². The van der Waals surface area contributed by atoms with Crippen molar-refractivity contribution in [2.75, 3.05) is 0 Å². The van der Waals surface area contributed by atoms with E-state index in [0.29, 0.717) is 0 Å². The molecule has 0 radical (unpaired) electrons. The molecule has 1 spiro atoms. The lowest BCUT2D eigenvalue weighted by molar-refractivity contribution is -0.139. The first-order valence-electron chi connectivity index (χ1n) is 5.92. The van der Waals surface area contributed by atoms with Gasteiger partial charge in [-0.05, 0) is 49.1 Å². The minimum atomic E-state index is -0.601. The molecule has 0 amide bonds. The molecule has 1 fully saturated rings. The Hall–Kier alpha value is -1.31. The third kappa shape index (κ3) is 1.36. The van der Waals surface area contributed by atoms with Crippen LogP contribution in [0.4, 0.5) is 0 Å². The van der Waals surface area contributed by atoms with Gasteiger partial charge >= 0.3 is 5.97 Å². The smallest absolute Gasteiger partial charge is 0.307 e. The highest BCUT2D eigenvalue weighted by molar-refractivity contribution is 5.75. The zero-order chi connectivity index (χ0) is 11.3. The van der Waals surface area contributed by atoms with Crippen LogP contribution in [0.5, 0.6) is 0 Å². The van der Waals surface area contributed by atoms with Gasteiger partial charge in [0.25, 0.3) is 0 Å². The molecule has 2 nitrogen and oxygen atoms in total. The fourth-order valence-corrected chi connectivity index (χ4v) is 3.18. The molecule has 1 aromatic carbocycles. The topological polar surface area (TPSA) is 37.3 Å². The van der Waals surface area contributed by atoms with Gasteiger partial charge in [0.05, 0.1) is 5.92 Å². The van der Waals surface area contributed by atoms with Gasteiger partial charge in [0.1, 0.15) is 0 Å². The van der Waals surface area contributed by atoms with Crippen molar-refractivity contribution in [3.05, 3.63) is 34.9 Å². The van der Waals surface area contributed by atoms with Crippen LogP contribution in [-0.2, 0) is 17.6 Å². The summed E-state index contributed by atoms with van der Waals surface area (Å²) < 4.78 is 0. The second kappa shape index (κ2) is 3.09. The number of hydrogen-bond acceptors (Lipinski definition) is 1. The Balaban J connectivity index is 1.88. The highest BCUT2D eigenvalue weighted by atomic mass is 16.4. The molecular weight excluding hydrogens is 200 g/mol. The van der Waals surface area contributed by atoms with Crippen LogP contribution in [0.1, 0.15) is 29.5 Å². The van der Waals surface area contributed by atoms with Gasteiger partial charge in [-0.1, -0.05) is 23.8 Å². The number of rotatable bonds is 1. The zero-order valence-electron chi connectivity index (χ0n) is 9.49. The second-order valence-electron chi connectivity index (χ2n) is 5.41. The molecule has 16 heavy (non-hydrogen) atoms. The quantitative estimate of drug-likeness (QED) is 0.783. The SMILES string of the molecule is Cc1ccc2c(c1)CCC1(C2)CC1C(=O)O. The number of carbonyl (C=O) groups is 1. The van der Waals surface area contributed by atoms with Crippen LogP contribution in [0.3, 0.4) is 0 Å². The molecule has 3 rings (SSSR count). The minimum Gasteiger partial charge on any atom is -0.481 e. The molecule has 0 saturated heterocycles. The highest BCUT2D eigenvalue weighted by Gasteiger charge is 2.58. The Labute approximate surface area is 95.3 Å². The molecule has 84 valence electrons. The summed E-state index contributed by atoms with van der Waals surface area (Å²) in [5.74, 6) is -0.683. The molecule has 0 heterocycles. The van der Waals surface area contributed by atoms with Crippen LogP contribution in [-0.4, -0.2) is 11.1 Å². The average molecular weight is 216 g/mol. The third-order valence-corrected chi connectivity index (χ3v) is 4.28. The van der Waals surface area contributed by atoms with Crippen LogP contribution < -0.4 is 0 Å². The van der Waals surface area contributed by atoms with E-state index in [1.165, 1.54) is 16.7 Å². The van der Waals surface area contributed by atoms with Crippen LogP contribution in [0.2, 0.25) is 0 Å². The third-order valence-electron chi connectivity index (χ3n) is 4.28. The molecular formula is C14H16O2. The van der Waals surface area contributed by atoms with Gasteiger partial charge in [-0.25, -0.2) is 0 Å². The summed E-state index contributed by atoms with van der Waals surface area (Å²) in [6.07, 6.45) is 3.97. The lowest BCUT2D eigenvalue weighted by atomic mass is 9.79. The first-order chi connectivity index (χ1) is 7.61. The molecule has 2 atom stereocenters. The maximum atomic E-state index is 11.0. The molecule has 0 bridgehead atoms. The van der Waals surface area contributed by atoms with Gasteiger partial charge in [-0.15, -0.1) is 0 Å². The summed E-state index contributed by atoms with van der Waals surface area (Å²) >= 11 is 0. The molecule has 2 aliphatic rings. The summed E-state index contributed by atoms with van der Waals surface area (Å²) in [4.78, 5) is 11.0. The number of aliphatic carboxylic acids is 1. The maximum absolute atomic E-state index is 11.0. The van der Waals surface area contributed by atoms with E-state index in [4.69, 9.17) is 5.11 Å². The maximum Gasteiger partial charge on any atom is 0.307 e. The Kier molecular flexibility index (Phi) is 1.91. The van der Waals surface area contributed by atoms with Crippen molar-refractivity contribution in [2.45, 2.75) is 32.6 Å². The van der Waals surface area contributed by atoms with E-state index in [2.05, 4.69) is 25.1 Å². The fraction of sp³-hybridized carbons (Fsp3) is 0.500. The molecule has 1 saturated carbocycles. The van der Waals surface area contributed by atoms with Crippen molar-refractivity contribution in [1.82, 2.24) is 0 Å². The van der Waals surface area contributed by atoms with E-state index in [1.807, 2.05) is 0 Å². The predicted octanol–water partition coefficient (Wildman–Crippen LogP) is 2.57. The number of hydrogen-bond donors (Lipinski definition) is 1. The first kappa shape index (κ1) is 9.88. The Morgan fingerprint density at radius 2 is 2.25 bits per heavy atom. The number of carboxylic acid groups (broad SMARTS) is 1. The largest absolute Gasteiger partial charge is 0.481 e. The summed E-state index contributed by atoms with van der Waals surface area (Å²) in [7, 11) is 0. The summed E-state index contributed by atoms with van der Waals surface area (Å²) in [6, 6.07) is 6.57. The molecule has 1 N–H and O–H groups in total. The second-order valence-corrected chi connectivity index (χ2v) is 5.41. The minimum absolute atomic E-state index is 0.0815. The molecule has 0 aliphatic heterocycles. The molecule has 0 aromatic heterocycles. The molecule has 2 aliphatic carbocycles. The number of carboxylic acids is 1. The van der Waals surface area contributed by atoms with Crippen molar-refractivity contribution >= 4 is 5.97 Å². The molecule has 1 aromatic rings. The van der Waals surface area contributed by atoms with Gasteiger partial charge in [0.2, 0.25) is 0 Å². The normalized spacial score (nSPS) is 31.2. The monoisotopic (exact) mass is 216 g/mol. The van der Waals surface area contributed by atoms with Crippen LogP contribution in [0.25, 0.3) is 0 Å². The van der Waals surface area contributed by atoms with Crippen molar-refractivity contribution in [1.29, 1.82) is 0 Å². The van der Waals surface area contributed by atoms with Crippen LogP contribution in [0.15, 0.2) is 18.2 Å². The lowest BCUT2D eigenvalue weighted by Gasteiger charge is -2.25. The highest BCUT2D eigenvalue weighted by Crippen LogP contribution is 2.60. The standard InChI is InChI=1S/C14H16O2/c1-9-2-3-11-7-14(5-4-10(11)6-9)8-12(14)13(15)16/h2-3,6,12H,4-5,7-8H2,1H3,(H,15,16). The summed E-state index contributed by atoms with van der Waals surface area (Å²) in [5.41, 5.74) is 4.22. The molecule has 2 unspecified atom stereocenters. The lowest BCUT2D eigenvalue weighted by Crippen LogP contribution is -2.20. The van der Waals surface area contributed by atoms with Crippen molar-refractivity contribution in [3.63, 3.8) is 0 Å². The summed E-state index contributed by atoms with van der Waals surface area (Å²) in [5, 5.41) is 9.06. The number of fused-ring (bicyclic) bond motifs is 1. The van der Waals surface area contributed by atoms with E-state index in [0.717, 1.165) is 25.7 Å². The first-order valence-corrected chi connectivity index (χ1v) is 5.92. The Morgan fingerprint density at radius 3 is 2.94 bits per heavy atom. The van der Waals surface area contributed by atoms with Crippen LogP contribution >= 0.6 is 0 Å². The van der Waals surface area contributed by atoms with Gasteiger partial charge < -0.3 is 5.11 Å². The van der Waals surface area contributed by atoms with E-state index in [1.54, 1.807) is 0 Å². The van der Waals surface area contributed by atoms with Gasteiger partial charge in [-0.2, -0.15) is 0 Å². The number of aryl methyl sites for hydroxylation is 2. The fourth-order valence-electron chi connectivity index (χ4n) is 3.18. The van der Waals surface area contributed by atoms with E-state index >= 15 is 0 Å². The summed E-state index contributed by atoms with van der Waals surface area (Å²) in [6.45, 7) is 2.11. The van der Waals surface area contributed by atoms with Crippen molar-refractivity contribution in [2.24, 2.45) is 11.3 Å². The van der Waals surface area contributed by atoms with E-state index in [9.17, 15) is 4.79 Å². The predicted molar refractivity (Wildman–Crippen MR) is 61.4 cm³/mol. The van der Waals surface area contributed by atoms with E-state index < -0.39 is 5.97 Å².